The van der Waals surface area contributed by atoms with Crippen molar-refractivity contribution in [2.45, 2.75) is 25.9 Å². The van der Waals surface area contributed by atoms with Crippen LogP contribution in [0, 0.1) is 5.82 Å². The maximum atomic E-state index is 13.8. The van der Waals surface area contributed by atoms with Gasteiger partial charge in [0.15, 0.2) is 0 Å². The summed E-state index contributed by atoms with van der Waals surface area (Å²) in [6.45, 7) is 4.13. The van der Waals surface area contributed by atoms with Crippen LogP contribution < -0.4 is 0 Å². The molecular weight excluding hydrogens is 307 g/mol. The molecule has 2 heterocycles. The van der Waals surface area contributed by atoms with Gasteiger partial charge in [-0.3, -0.25) is 9.78 Å². The highest BCUT2D eigenvalue weighted by Crippen LogP contribution is 2.23. The third kappa shape index (κ3) is 3.62. The first-order valence-corrected chi connectivity index (χ1v) is 8.30. The van der Waals surface area contributed by atoms with Crippen LogP contribution in [0.4, 0.5) is 4.39 Å². The molecule has 0 spiro atoms. The molecular formula is C19H21FN2O2. The molecule has 1 fully saturated rings. The molecule has 0 bridgehead atoms. The van der Waals surface area contributed by atoms with Crippen LogP contribution in [0.2, 0.25) is 0 Å². The zero-order valence-electron chi connectivity index (χ0n) is 13.7. The fraction of sp³-hybridized carbons (Fsp3) is 0.368. The topological polar surface area (TPSA) is 42.4 Å². The highest BCUT2D eigenvalue weighted by Gasteiger charge is 2.23. The second kappa shape index (κ2) is 7.53. The molecule has 24 heavy (non-hydrogen) atoms. The highest BCUT2D eigenvalue weighted by molar-refractivity contribution is 5.94. The lowest BCUT2D eigenvalue weighted by molar-refractivity contribution is 0.0146. The molecule has 0 unspecified atom stereocenters. The van der Waals surface area contributed by atoms with E-state index in [1.54, 1.807) is 36.5 Å². The summed E-state index contributed by atoms with van der Waals surface area (Å²) in [4.78, 5) is 18.2. The molecule has 5 heteroatoms. The second-order valence-corrected chi connectivity index (χ2v) is 5.88. The lowest BCUT2D eigenvalue weighted by atomic mass is 10.0. The number of hydrogen-bond donors (Lipinski definition) is 0. The van der Waals surface area contributed by atoms with E-state index in [-0.39, 0.29) is 17.8 Å². The zero-order valence-corrected chi connectivity index (χ0v) is 13.7. The van der Waals surface area contributed by atoms with Crippen molar-refractivity contribution in [1.29, 1.82) is 0 Å². The summed E-state index contributed by atoms with van der Waals surface area (Å²) in [5.74, 6) is -0.346. The number of piperidine rings is 1. The Morgan fingerprint density at radius 2 is 1.96 bits per heavy atom. The smallest absolute Gasteiger partial charge is 0.253 e. The minimum Gasteiger partial charge on any atom is -0.378 e. The minimum atomic E-state index is -0.366. The summed E-state index contributed by atoms with van der Waals surface area (Å²) in [6, 6.07) is 8.69. The van der Waals surface area contributed by atoms with Gasteiger partial charge in [0.2, 0.25) is 0 Å². The van der Waals surface area contributed by atoms with E-state index in [1.807, 2.05) is 11.8 Å². The number of carbonyl (C=O) groups is 1. The standard InChI is InChI=1S/C19H21FN2O2/c1-2-24-16-8-11-22(12-9-16)19(23)15-5-3-14(4-6-15)17-7-10-21-13-18(17)20/h3-7,10,13,16H,2,8-9,11-12H2,1H3. The van der Waals surface area contributed by atoms with Crippen LogP contribution in [0.1, 0.15) is 30.1 Å². The van der Waals surface area contributed by atoms with Gasteiger partial charge in [-0.15, -0.1) is 0 Å². The minimum absolute atomic E-state index is 0.0201. The van der Waals surface area contributed by atoms with Gasteiger partial charge in [-0.05, 0) is 43.5 Å². The number of rotatable bonds is 4. The number of likely N-dealkylation sites (tertiary alicyclic amines) is 1. The van der Waals surface area contributed by atoms with Crippen LogP contribution in [0.25, 0.3) is 11.1 Å². The number of pyridine rings is 1. The first-order valence-electron chi connectivity index (χ1n) is 8.30. The number of halogens is 1. The maximum Gasteiger partial charge on any atom is 0.253 e. The molecule has 1 aromatic heterocycles. The van der Waals surface area contributed by atoms with Crippen LogP contribution in [0.15, 0.2) is 42.7 Å². The summed E-state index contributed by atoms with van der Waals surface area (Å²) in [6.07, 6.45) is 4.76. The summed E-state index contributed by atoms with van der Waals surface area (Å²) in [7, 11) is 0. The van der Waals surface area contributed by atoms with E-state index < -0.39 is 0 Å². The molecule has 4 nitrogen and oxygen atoms in total. The average Bonchev–Trinajstić information content (AvgIpc) is 2.63. The van der Waals surface area contributed by atoms with E-state index in [9.17, 15) is 9.18 Å². The summed E-state index contributed by atoms with van der Waals surface area (Å²) in [5, 5.41) is 0. The zero-order chi connectivity index (χ0) is 16.9. The number of benzene rings is 1. The molecule has 1 amide bonds. The lowest BCUT2D eigenvalue weighted by Crippen LogP contribution is -2.40. The molecule has 1 aliphatic heterocycles. The van der Waals surface area contributed by atoms with Crippen molar-refractivity contribution in [3.8, 4) is 11.1 Å². The Kier molecular flexibility index (Phi) is 5.20. The molecule has 3 rings (SSSR count). The van der Waals surface area contributed by atoms with Crippen LogP contribution >= 0.6 is 0 Å². The Hall–Kier alpha value is -2.27. The van der Waals surface area contributed by atoms with E-state index in [0.717, 1.165) is 18.4 Å². The Morgan fingerprint density at radius 1 is 1.25 bits per heavy atom. The molecule has 126 valence electrons. The predicted molar refractivity (Wildman–Crippen MR) is 90.2 cm³/mol. The predicted octanol–water partition coefficient (Wildman–Crippen LogP) is 3.53. The molecule has 0 N–H and O–H groups in total. The monoisotopic (exact) mass is 328 g/mol. The van der Waals surface area contributed by atoms with Gasteiger partial charge in [0.1, 0.15) is 5.82 Å². The number of amides is 1. The van der Waals surface area contributed by atoms with Gasteiger partial charge >= 0.3 is 0 Å². The summed E-state index contributed by atoms with van der Waals surface area (Å²) >= 11 is 0. The van der Waals surface area contributed by atoms with Crippen molar-refractivity contribution in [1.82, 2.24) is 9.88 Å². The first-order chi connectivity index (χ1) is 11.7. The van der Waals surface area contributed by atoms with Crippen molar-refractivity contribution in [3.63, 3.8) is 0 Å². The van der Waals surface area contributed by atoms with Gasteiger partial charge in [0, 0.05) is 37.0 Å². The van der Waals surface area contributed by atoms with Crippen molar-refractivity contribution in [2.24, 2.45) is 0 Å². The van der Waals surface area contributed by atoms with E-state index >= 15 is 0 Å². The molecule has 1 aromatic carbocycles. The van der Waals surface area contributed by atoms with E-state index in [0.29, 0.717) is 30.8 Å². The molecule has 0 saturated carbocycles. The van der Waals surface area contributed by atoms with Gasteiger partial charge in [-0.1, -0.05) is 12.1 Å². The molecule has 1 saturated heterocycles. The third-order valence-electron chi connectivity index (χ3n) is 4.35. The third-order valence-corrected chi connectivity index (χ3v) is 4.35. The second-order valence-electron chi connectivity index (χ2n) is 5.88. The van der Waals surface area contributed by atoms with Gasteiger partial charge in [-0.2, -0.15) is 0 Å². The van der Waals surface area contributed by atoms with E-state index in [4.69, 9.17) is 4.74 Å². The fourth-order valence-corrected chi connectivity index (χ4v) is 3.05. The summed E-state index contributed by atoms with van der Waals surface area (Å²) in [5.41, 5.74) is 1.85. The highest BCUT2D eigenvalue weighted by atomic mass is 19.1. The van der Waals surface area contributed by atoms with Crippen molar-refractivity contribution in [2.75, 3.05) is 19.7 Å². The van der Waals surface area contributed by atoms with Crippen molar-refractivity contribution >= 4 is 5.91 Å². The van der Waals surface area contributed by atoms with Gasteiger partial charge in [0.25, 0.3) is 5.91 Å². The van der Waals surface area contributed by atoms with Crippen molar-refractivity contribution < 1.29 is 13.9 Å². The SMILES string of the molecule is CCOC1CCN(C(=O)c2ccc(-c3ccncc3F)cc2)CC1. The molecule has 2 aromatic rings. The number of carbonyl (C=O) groups excluding carboxylic acids is 1. The normalized spacial score (nSPS) is 15.5. The van der Waals surface area contributed by atoms with Crippen molar-refractivity contribution in [3.05, 3.63) is 54.1 Å². The Morgan fingerprint density at radius 3 is 2.58 bits per heavy atom. The molecule has 0 aliphatic carbocycles. The quantitative estimate of drug-likeness (QED) is 0.862. The Bertz CT molecular complexity index is 695. The Balaban J connectivity index is 1.68. The average molecular weight is 328 g/mol. The van der Waals surface area contributed by atoms with Gasteiger partial charge < -0.3 is 9.64 Å². The molecule has 0 atom stereocenters. The number of aromatic nitrogens is 1. The Labute approximate surface area is 141 Å². The fourth-order valence-electron chi connectivity index (χ4n) is 3.05. The largest absolute Gasteiger partial charge is 0.378 e. The van der Waals surface area contributed by atoms with Crippen LogP contribution in [-0.2, 0) is 4.74 Å². The number of nitrogens with zero attached hydrogens (tertiary/aromatic N) is 2. The lowest BCUT2D eigenvalue weighted by Gasteiger charge is -2.31. The number of ether oxygens (including phenoxy) is 1. The van der Waals surface area contributed by atoms with Crippen LogP contribution in [0.5, 0.6) is 0 Å². The van der Waals surface area contributed by atoms with Gasteiger partial charge in [0.05, 0.1) is 12.3 Å². The van der Waals surface area contributed by atoms with Crippen LogP contribution in [0.3, 0.4) is 0 Å². The summed E-state index contributed by atoms with van der Waals surface area (Å²) < 4.78 is 19.4. The number of hydrogen-bond acceptors (Lipinski definition) is 3. The van der Waals surface area contributed by atoms with E-state index in [2.05, 4.69) is 4.98 Å². The molecule has 1 aliphatic rings. The molecule has 0 radical (unpaired) electrons. The first kappa shape index (κ1) is 16.6. The van der Waals surface area contributed by atoms with E-state index in [1.165, 1.54) is 6.20 Å². The van der Waals surface area contributed by atoms with Gasteiger partial charge in [-0.25, -0.2) is 4.39 Å². The maximum absolute atomic E-state index is 13.8. The van der Waals surface area contributed by atoms with Crippen LogP contribution in [-0.4, -0.2) is 41.6 Å².